The summed E-state index contributed by atoms with van der Waals surface area (Å²) >= 11 is 0. The van der Waals surface area contributed by atoms with Gasteiger partial charge in [-0.1, -0.05) is 6.42 Å². The molecule has 2 atom stereocenters. The highest BCUT2D eigenvalue weighted by Gasteiger charge is 2.25. The van der Waals surface area contributed by atoms with Crippen molar-refractivity contribution in [3.05, 3.63) is 29.5 Å². The quantitative estimate of drug-likeness (QED) is 0.888. The molecule has 3 rings (SSSR count). The molecule has 0 spiro atoms. The zero-order valence-corrected chi connectivity index (χ0v) is 11.7. The van der Waals surface area contributed by atoms with Gasteiger partial charge in [0.05, 0.1) is 7.11 Å². The molecule has 1 aromatic carbocycles. The number of rotatable bonds is 3. The lowest BCUT2D eigenvalue weighted by Crippen LogP contribution is -2.26. The first-order chi connectivity index (χ1) is 9.19. The molecule has 1 aliphatic carbocycles. The maximum atomic E-state index is 6.21. The van der Waals surface area contributed by atoms with Crippen molar-refractivity contribution in [1.29, 1.82) is 0 Å². The molecule has 3 heteroatoms. The molecule has 1 fully saturated rings. The van der Waals surface area contributed by atoms with Crippen molar-refractivity contribution in [2.24, 2.45) is 11.7 Å². The highest BCUT2D eigenvalue weighted by Crippen LogP contribution is 2.33. The number of hydrogen-bond acceptors (Lipinski definition) is 2. The van der Waals surface area contributed by atoms with Crippen molar-refractivity contribution in [3.63, 3.8) is 0 Å². The number of benzene rings is 1. The van der Waals surface area contributed by atoms with E-state index in [0.717, 1.165) is 12.2 Å². The molecule has 0 amide bonds. The zero-order valence-electron chi connectivity index (χ0n) is 11.7. The summed E-state index contributed by atoms with van der Waals surface area (Å²) in [5.41, 5.74) is 10.1. The van der Waals surface area contributed by atoms with Gasteiger partial charge < -0.3 is 15.5 Å². The molecule has 2 aromatic rings. The molecule has 2 unspecified atom stereocenters. The topological polar surface area (TPSA) is 51.0 Å². The summed E-state index contributed by atoms with van der Waals surface area (Å²) in [4.78, 5) is 3.47. The van der Waals surface area contributed by atoms with Crippen LogP contribution in [0.25, 0.3) is 10.9 Å². The predicted molar refractivity (Wildman–Crippen MR) is 78.6 cm³/mol. The Kier molecular flexibility index (Phi) is 3.23. The lowest BCUT2D eigenvalue weighted by atomic mass is 9.93. The summed E-state index contributed by atoms with van der Waals surface area (Å²) in [6.45, 7) is 2.16. The van der Waals surface area contributed by atoms with Crippen molar-refractivity contribution in [2.45, 2.75) is 38.6 Å². The largest absolute Gasteiger partial charge is 0.497 e. The fraction of sp³-hybridized carbons (Fsp3) is 0.500. The van der Waals surface area contributed by atoms with Crippen LogP contribution in [0, 0.1) is 12.8 Å². The van der Waals surface area contributed by atoms with E-state index in [1.165, 1.54) is 41.4 Å². The van der Waals surface area contributed by atoms with Crippen molar-refractivity contribution >= 4 is 10.9 Å². The second-order valence-corrected chi connectivity index (χ2v) is 5.70. The average molecular weight is 258 g/mol. The summed E-state index contributed by atoms with van der Waals surface area (Å²) in [6, 6.07) is 6.60. The second-order valence-electron chi connectivity index (χ2n) is 5.70. The first-order valence-corrected chi connectivity index (χ1v) is 7.10. The van der Waals surface area contributed by atoms with Gasteiger partial charge in [-0.3, -0.25) is 0 Å². The normalized spacial score (nSPS) is 23.1. The van der Waals surface area contributed by atoms with Crippen LogP contribution in [-0.4, -0.2) is 18.1 Å². The molecule has 0 radical (unpaired) electrons. The smallest absolute Gasteiger partial charge is 0.119 e. The van der Waals surface area contributed by atoms with Crippen molar-refractivity contribution < 1.29 is 4.74 Å². The number of aromatic amines is 1. The number of nitrogens with one attached hydrogen (secondary N) is 1. The van der Waals surface area contributed by atoms with Crippen LogP contribution in [0.2, 0.25) is 0 Å². The molecule has 0 saturated heterocycles. The molecule has 102 valence electrons. The monoisotopic (exact) mass is 258 g/mol. The van der Waals surface area contributed by atoms with Gasteiger partial charge in [0.25, 0.3) is 0 Å². The molecule has 1 heterocycles. The minimum atomic E-state index is 0.370. The number of aryl methyl sites for hydroxylation is 1. The lowest BCUT2D eigenvalue weighted by molar-refractivity contribution is 0.415. The second kappa shape index (κ2) is 4.89. The van der Waals surface area contributed by atoms with Crippen LogP contribution in [0.15, 0.2) is 18.2 Å². The van der Waals surface area contributed by atoms with Crippen LogP contribution in [0.4, 0.5) is 0 Å². The van der Waals surface area contributed by atoms with Gasteiger partial charge in [0.15, 0.2) is 0 Å². The summed E-state index contributed by atoms with van der Waals surface area (Å²) in [6.07, 6.45) is 4.80. The summed E-state index contributed by atoms with van der Waals surface area (Å²) in [5.74, 6) is 1.55. The Labute approximate surface area is 114 Å². The van der Waals surface area contributed by atoms with Gasteiger partial charge in [-0.05, 0) is 55.9 Å². The van der Waals surface area contributed by atoms with E-state index in [1.807, 2.05) is 6.07 Å². The average Bonchev–Trinajstić information content (AvgIpc) is 2.94. The third kappa shape index (κ3) is 2.23. The lowest BCUT2D eigenvalue weighted by Gasteiger charge is -2.15. The van der Waals surface area contributed by atoms with Crippen LogP contribution in [0.3, 0.4) is 0 Å². The maximum absolute atomic E-state index is 6.21. The first-order valence-electron chi connectivity index (χ1n) is 7.10. The molecule has 3 N–H and O–H groups in total. The van der Waals surface area contributed by atoms with Crippen molar-refractivity contribution in [1.82, 2.24) is 4.98 Å². The SMILES string of the molecule is COc1ccc2[nH]c(C)c(CC3CCCC3N)c2c1. The van der Waals surface area contributed by atoms with E-state index in [0.29, 0.717) is 12.0 Å². The van der Waals surface area contributed by atoms with Gasteiger partial charge in [0.1, 0.15) is 5.75 Å². The van der Waals surface area contributed by atoms with Crippen LogP contribution < -0.4 is 10.5 Å². The first kappa shape index (κ1) is 12.5. The molecule has 1 aromatic heterocycles. The van der Waals surface area contributed by atoms with Crippen LogP contribution in [0.5, 0.6) is 5.75 Å². The van der Waals surface area contributed by atoms with Crippen LogP contribution >= 0.6 is 0 Å². The molecule has 1 aliphatic rings. The molecule has 3 nitrogen and oxygen atoms in total. The number of methoxy groups -OCH3 is 1. The third-order valence-corrected chi connectivity index (χ3v) is 4.51. The highest BCUT2D eigenvalue weighted by atomic mass is 16.5. The Morgan fingerprint density at radius 3 is 2.89 bits per heavy atom. The Morgan fingerprint density at radius 2 is 2.21 bits per heavy atom. The van der Waals surface area contributed by atoms with Crippen LogP contribution in [-0.2, 0) is 6.42 Å². The van der Waals surface area contributed by atoms with Gasteiger partial charge in [0.2, 0.25) is 0 Å². The van der Waals surface area contributed by atoms with Gasteiger partial charge >= 0.3 is 0 Å². The molecular weight excluding hydrogens is 236 g/mol. The van der Waals surface area contributed by atoms with E-state index in [9.17, 15) is 0 Å². The van der Waals surface area contributed by atoms with Crippen molar-refractivity contribution in [2.75, 3.05) is 7.11 Å². The van der Waals surface area contributed by atoms with E-state index in [1.54, 1.807) is 7.11 Å². The molecule has 19 heavy (non-hydrogen) atoms. The minimum absolute atomic E-state index is 0.370. The maximum Gasteiger partial charge on any atom is 0.119 e. The van der Waals surface area contributed by atoms with Crippen molar-refractivity contribution in [3.8, 4) is 5.75 Å². The van der Waals surface area contributed by atoms with Gasteiger partial charge in [-0.25, -0.2) is 0 Å². The molecule has 0 aliphatic heterocycles. The van der Waals surface area contributed by atoms with E-state index in [2.05, 4.69) is 24.0 Å². The Morgan fingerprint density at radius 1 is 1.37 bits per heavy atom. The van der Waals surface area contributed by atoms with E-state index >= 15 is 0 Å². The van der Waals surface area contributed by atoms with Gasteiger partial charge in [-0.2, -0.15) is 0 Å². The Bertz CT molecular complexity index is 588. The third-order valence-electron chi connectivity index (χ3n) is 4.51. The Balaban J connectivity index is 1.99. The number of nitrogens with two attached hydrogens (primary N) is 1. The number of hydrogen-bond donors (Lipinski definition) is 2. The predicted octanol–water partition coefficient (Wildman–Crippen LogP) is 3.15. The van der Waals surface area contributed by atoms with Gasteiger partial charge in [-0.15, -0.1) is 0 Å². The minimum Gasteiger partial charge on any atom is -0.497 e. The van der Waals surface area contributed by atoms with E-state index in [-0.39, 0.29) is 0 Å². The number of fused-ring (bicyclic) bond motifs is 1. The molecule has 0 bridgehead atoms. The summed E-state index contributed by atoms with van der Waals surface area (Å²) in [5, 5.41) is 1.29. The summed E-state index contributed by atoms with van der Waals surface area (Å²) < 4.78 is 5.34. The van der Waals surface area contributed by atoms with Gasteiger partial charge in [0, 0.05) is 22.6 Å². The fourth-order valence-corrected chi connectivity index (χ4v) is 3.33. The highest BCUT2D eigenvalue weighted by molar-refractivity contribution is 5.86. The summed E-state index contributed by atoms with van der Waals surface area (Å²) in [7, 11) is 1.72. The zero-order chi connectivity index (χ0) is 13.4. The number of H-pyrrole nitrogens is 1. The molecule has 1 saturated carbocycles. The van der Waals surface area contributed by atoms with Crippen LogP contribution in [0.1, 0.15) is 30.5 Å². The number of ether oxygens (including phenoxy) is 1. The number of aromatic nitrogens is 1. The van der Waals surface area contributed by atoms with E-state index < -0.39 is 0 Å². The standard InChI is InChI=1S/C16H22N2O/c1-10-13(8-11-4-3-5-15(11)17)14-9-12(19-2)6-7-16(14)18-10/h6-7,9,11,15,18H,3-5,8,17H2,1-2H3. The molecular formula is C16H22N2O. The fourth-order valence-electron chi connectivity index (χ4n) is 3.33. The Hall–Kier alpha value is -1.48. The van der Waals surface area contributed by atoms with E-state index in [4.69, 9.17) is 10.5 Å².